The maximum absolute atomic E-state index is 13.6. The summed E-state index contributed by atoms with van der Waals surface area (Å²) in [4.78, 5) is 32.7. The monoisotopic (exact) mass is 490 g/mol. The summed E-state index contributed by atoms with van der Waals surface area (Å²) in [5.41, 5.74) is 1.57. The van der Waals surface area contributed by atoms with Crippen LogP contribution in [0.3, 0.4) is 0 Å². The average molecular weight is 491 g/mol. The molecule has 9 heteroatoms. The van der Waals surface area contributed by atoms with Crippen molar-refractivity contribution in [2.24, 2.45) is 0 Å². The molecule has 1 saturated heterocycles. The third-order valence-electron chi connectivity index (χ3n) is 5.85. The fraction of sp³-hybridized carbons (Fsp3) is 0.500. The highest BCUT2D eigenvalue weighted by atomic mass is 19.3. The Morgan fingerprint density at radius 1 is 1.11 bits per heavy atom. The van der Waals surface area contributed by atoms with E-state index in [-0.39, 0.29) is 29.4 Å². The van der Waals surface area contributed by atoms with Gasteiger partial charge in [0, 0.05) is 31.7 Å². The molecule has 1 aromatic heterocycles. The SMILES string of the molecule is CC.COc1nc(C(F)F)ccc1NC(=O)N(c1ccccc1C(C)C)C1CCN(C(C)=O)CC1. The van der Waals surface area contributed by atoms with Crippen LogP contribution in [0.25, 0.3) is 0 Å². The van der Waals surface area contributed by atoms with Crippen LogP contribution in [0.2, 0.25) is 0 Å². The van der Waals surface area contributed by atoms with E-state index < -0.39 is 18.2 Å². The Morgan fingerprint density at radius 2 is 1.74 bits per heavy atom. The molecule has 35 heavy (non-hydrogen) atoms. The summed E-state index contributed by atoms with van der Waals surface area (Å²) in [5, 5.41) is 2.80. The summed E-state index contributed by atoms with van der Waals surface area (Å²) in [5.74, 6) is 0.113. The topological polar surface area (TPSA) is 74.8 Å². The van der Waals surface area contributed by atoms with E-state index in [4.69, 9.17) is 4.74 Å². The van der Waals surface area contributed by atoms with E-state index in [0.29, 0.717) is 25.9 Å². The normalized spacial score (nSPS) is 13.8. The van der Waals surface area contributed by atoms with Crippen LogP contribution in [0, 0.1) is 0 Å². The van der Waals surface area contributed by atoms with Gasteiger partial charge < -0.3 is 15.0 Å². The Labute approximate surface area is 206 Å². The lowest BCUT2D eigenvalue weighted by molar-refractivity contribution is -0.129. The number of methoxy groups -OCH3 is 1. The summed E-state index contributed by atoms with van der Waals surface area (Å²) >= 11 is 0. The second-order valence-corrected chi connectivity index (χ2v) is 8.34. The molecule has 1 aliphatic heterocycles. The van der Waals surface area contributed by atoms with Crippen LogP contribution < -0.4 is 15.0 Å². The average Bonchev–Trinajstić information content (AvgIpc) is 2.86. The fourth-order valence-corrected chi connectivity index (χ4v) is 4.11. The first-order chi connectivity index (χ1) is 16.7. The second-order valence-electron chi connectivity index (χ2n) is 8.34. The standard InChI is InChI=1S/C24H30F2N4O3.C2H6/c1-15(2)18-7-5-6-8-21(18)30(17-11-13-29(14-12-17)16(3)31)24(32)28-20-10-9-19(22(25)26)27-23(20)33-4;1-2/h5-10,15,17,22H,11-14H2,1-4H3,(H,28,32);1-2H3. The van der Waals surface area contributed by atoms with Gasteiger partial charge in [-0.3, -0.25) is 9.69 Å². The molecule has 1 aromatic carbocycles. The molecule has 2 aromatic rings. The van der Waals surface area contributed by atoms with Crippen LogP contribution in [0.15, 0.2) is 36.4 Å². The van der Waals surface area contributed by atoms with Gasteiger partial charge in [-0.2, -0.15) is 0 Å². The molecule has 2 heterocycles. The third kappa shape index (κ3) is 6.90. The molecule has 7 nitrogen and oxygen atoms in total. The highest BCUT2D eigenvalue weighted by molar-refractivity contribution is 6.03. The van der Waals surface area contributed by atoms with Gasteiger partial charge >= 0.3 is 6.03 Å². The quantitative estimate of drug-likeness (QED) is 0.521. The van der Waals surface area contributed by atoms with Gasteiger partial charge in [-0.05, 0) is 42.5 Å². The summed E-state index contributed by atoms with van der Waals surface area (Å²) in [7, 11) is 1.32. The van der Waals surface area contributed by atoms with Crippen molar-refractivity contribution >= 4 is 23.3 Å². The number of urea groups is 1. The molecule has 1 fully saturated rings. The Hall–Kier alpha value is -3.23. The highest BCUT2D eigenvalue weighted by Crippen LogP contribution is 2.33. The number of nitrogens with zero attached hydrogens (tertiary/aromatic N) is 3. The van der Waals surface area contributed by atoms with Crippen molar-refractivity contribution in [1.82, 2.24) is 9.88 Å². The zero-order valence-corrected chi connectivity index (χ0v) is 21.3. The highest BCUT2D eigenvalue weighted by Gasteiger charge is 2.32. The molecule has 0 radical (unpaired) electrons. The summed E-state index contributed by atoms with van der Waals surface area (Å²) < 4.78 is 31.2. The number of benzene rings is 1. The van der Waals surface area contributed by atoms with Gasteiger partial charge in [-0.15, -0.1) is 0 Å². The zero-order chi connectivity index (χ0) is 26.1. The number of pyridine rings is 1. The number of piperidine rings is 1. The van der Waals surface area contributed by atoms with E-state index in [2.05, 4.69) is 24.1 Å². The predicted molar refractivity (Wildman–Crippen MR) is 134 cm³/mol. The summed E-state index contributed by atoms with van der Waals surface area (Å²) in [6.07, 6.45) is -1.50. The van der Waals surface area contributed by atoms with Crippen molar-refractivity contribution < 1.29 is 23.1 Å². The molecule has 0 aliphatic carbocycles. The number of carbonyl (C=O) groups excluding carboxylic acids is 2. The molecule has 0 bridgehead atoms. The molecule has 0 unspecified atom stereocenters. The molecule has 3 rings (SSSR count). The van der Waals surface area contributed by atoms with E-state index in [1.54, 1.807) is 16.7 Å². The lowest BCUT2D eigenvalue weighted by Gasteiger charge is -2.39. The number of likely N-dealkylation sites (tertiary alicyclic amines) is 1. The molecular formula is C26H36F2N4O3. The second kappa shape index (κ2) is 13.0. The number of halogens is 2. The number of alkyl halides is 2. The Kier molecular flexibility index (Phi) is 10.4. The number of rotatable bonds is 6. The van der Waals surface area contributed by atoms with Crippen LogP contribution in [0.1, 0.15) is 71.1 Å². The van der Waals surface area contributed by atoms with E-state index in [1.165, 1.54) is 19.2 Å². The maximum Gasteiger partial charge on any atom is 0.326 e. The van der Waals surface area contributed by atoms with Crippen molar-refractivity contribution in [3.8, 4) is 5.88 Å². The number of nitrogens with one attached hydrogen (secondary N) is 1. The minimum absolute atomic E-state index is 0.0157. The van der Waals surface area contributed by atoms with Crippen LogP contribution in [-0.2, 0) is 4.79 Å². The van der Waals surface area contributed by atoms with Crippen molar-refractivity contribution in [2.45, 2.75) is 65.8 Å². The first kappa shape index (κ1) is 28.0. The van der Waals surface area contributed by atoms with E-state index in [1.807, 2.05) is 38.1 Å². The molecular weight excluding hydrogens is 454 g/mol. The van der Waals surface area contributed by atoms with Gasteiger partial charge in [-0.1, -0.05) is 45.9 Å². The summed E-state index contributed by atoms with van der Waals surface area (Å²) in [6, 6.07) is 9.70. The smallest absolute Gasteiger partial charge is 0.326 e. The number of ether oxygens (including phenoxy) is 1. The maximum atomic E-state index is 13.6. The van der Waals surface area contributed by atoms with Crippen LogP contribution >= 0.6 is 0 Å². The van der Waals surface area contributed by atoms with Gasteiger partial charge in [0.1, 0.15) is 11.4 Å². The first-order valence-electron chi connectivity index (χ1n) is 12.0. The van der Waals surface area contributed by atoms with Gasteiger partial charge in [-0.25, -0.2) is 18.6 Å². The molecule has 192 valence electrons. The Balaban J connectivity index is 0.00000210. The lowest BCUT2D eigenvalue weighted by atomic mass is 9.97. The number of hydrogen-bond donors (Lipinski definition) is 1. The molecule has 1 N–H and O–H groups in total. The number of para-hydroxylation sites is 1. The molecule has 0 saturated carbocycles. The first-order valence-corrected chi connectivity index (χ1v) is 12.0. The molecule has 3 amide bonds. The lowest BCUT2D eigenvalue weighted by Crippen LogP contribution is -2.50. The number of aromatic nitrogens is 1. The minimum atomic E-state index is -2.75. The van der Waals surface area contributed by atoms with Gasteiger partial charge in [0.2, 0.25) is 11.8 Å². The largest absolute Gasteiger partial charge is 0.480 e. The van der Waals surface area contributed by atoms with Crippen molar-refractivity contribution in [1.29, 1.82) is 0 Å². The number of hydrogen-bond acceptors (Lipinski definition) is 4. The number of amides is 3. The van der Waals surface area contributed by atoms with Gasteiger partial charge in [0.05, 0.1) is 7.11 Å². The molecule has 0 atom stereocenters. The zero-order valence-electron chi connectivity index (χ0n) is 21.3. The van der Waals surface area contributed by atoms with Crippen LogP contribution in [0.4, 0.5) is 25.0 Å². The Morgan fingerprint density at radius 3 is 2.29 bits per heavy atom. The fourth-order valence-electron chi connectivity index (χ4n) is 4.11. The molecule has 1 aliphatic rings. The van der Waals surface area contributed by atoms with Crippen molar-refractivity contribution in [3.63, 3.8) is 0 Å². The number of anilines is 2. The van der Waals surface area contributed by atoms with Crippen molar-refractivity contribution in [3.05, 3.63) is 47.7 Å². The van der Waals surface area contributed by atoms with E-state index in [9.17, 15) is 18.4 Å². The number of carbonyl (C=O) groups is 2. The van der Waals surface area contributed by atoms with Crippen LogP contribution in [-0.4, -0.2) is 48.1 Å². The van der Waals surface area contributed by atoms with E-state index in [0.717, 1.165) is 11.3 Å². The molecule has 0 spiro atoms. The van der Waals surface area contributed by atoms with Crippen molar-refractivity contribution in [2.75, 3.05) is 30.4 Å². The Bertz CT molecular complexity index is 992. The van der Waals surface area contributed by atoms with E-state index >= 15 is 0 Å². The summed E-state index contributed by atoms with van der Waals surface area (Å²) in [6.45, 7) is 10.8. The van der Waals surface area contributed by atoms with Gasteiger partial charge in [0.15, 0.2) is 0 Å². The third-order valence-corrected chi connectivity index (χ3v) is 5.85. The predicted octanol–water partition coefficient (Wildman–Crippen LogP) is 6.23. The van der Waals surface area contributed by atoms with Gasteiger partial charge in [0.25, 0.3) is 6.43 Å². The van der Waals surface area contributed by atoms with Crippen LogP contribution in [0.5, 0.6) is 5.88 Å². The minimum Gasteiger partial charge on any atom is -0.480 e.